The maximum Gasteiger partial charge on any atom is 0.0835 e. The van der Waals surface area contributed by atoms with Crippen molar-refractivity contribution in [1.82, 2.24) is 20.0 Å². The second-order valence-electron chi connectivity index (χ2n) is 5.84. The zero-order valence-corrected chi connectivity index (χ0v) is 14.1. The average molecular weight is 315 g/mol. The predicted molar refractivity (Wildman–Crippen MR) is 85.8 cm³/mol. The fourth-order valence-corrected chi connectivity index (χ4v) is 3.07. The minimum absolute atomic E-state index is 0.118. The molecule has 1 fully saturated rings. The van der Waals surface area contributed by atoms with Gasteiger partial charge in [-0.3, -0.25) is 4.68 Å². The number of ether oxygens (including phenoxy) is 1. The van der Waals surface area contributed by atoms with Gasteiger partial charge < -0.3 is 15.0 Å². The number of nitrogens with one attached hydrogen (secondary N) is 1. The molecule has 1 aromatic heterocycles. The number of hydrogen-bond donors (Lipinski definition) is 1. The molecule has 2 rings (SSSR count). The average Bonchev–Trinajstić information content (AvgIpc) is 2.84. The summed E-state index contributed by atoms with van der Waals surface area (Å²) in [7, 11) is 4.13. The summed E-state index contributed by atoms with van der Waals surface area (Å²) in [5.41, 5.74) is 1.06. The second kappa shape index (κ2) is 8.13. The molecular weight excluding hydrogens is 288 g/mol. The largest absolute Gasteiger partial charge is 0.376 e. The number of likely N-dealkylation sites (N-methyl/N-ethyl adjacent to an activating group) is 2. The molecule has 1 aliphatic rings. The van der Waals surface area contributed by atoms with E-state index in [-0.39, 0.29) is 12.1 Å². The zero-order valence-electron chi connectivity index (χ0n) is 13.3. The molecule has 2 heterocycles. The Morgan fingerprint density at radius 2 is 2.33 bits per heavy atom. The molecule has 0 bridgehead atoms. The Morgan fingerprint density at radius 3 is 2.95 bits per heavy atom. The van der Waals surface area contributed by atoms with Crippen molar-refractivity contribution < 1.29 is 4.74 Å². The van der Waals surface area contributed by atoms with Crippen LogP contribution in [-0.2, 0) is 11.3 Å². The lowest BCUT2D eigenvalue weighted by molar-refractivity contribution is -0.00971. The Kier molecular flexibility index (Phi) is 6.48. The maximum absolute atomic E-state index is 6.42. The standard InChI is InChI=1S/C15H27ClN4O/c1-4-17-14(13-7-5-6-10-21-13)15-12(16)11-18-20(15)9-8-19(2)3/h11,13-14,17H,4-10H2,1-3H3. The molecule has 2 atom stereocenters. The summed E-state index contributed by atoms with van der Waals surface area (Å²) in [5, 5.41) is 8.72. The third-order valence-corrected chi connectivity index (χ3v) is 4.19. The van der Waals surface area contributed by atoms with E-state index in [4.69, 9.17) is 16.3 Å². The van der Waals surface area contributed by atoms with Gasteiger partial charge in [0.2, 0.25) is 0 Å². The Balaban J connectivity index is 2.19. The van der Waals surface area contributed by atoms with Crippen molar-refractivity contribution in [1.29, 1.82) is 0 Å². The van der Waals surface area contributed by atoms with Gasteiger partial charge in [0, 0.05) is 13.2 Å². The lowest BCUT2D eigenvalue weighted by Gasteiger charge is -2.31. The van der Waals surface area contributed by atoms with Gasteiger partial charge >= 0.3 is 0 Å². The molecule has 2 unspecified atom stereocenters. The summed E-state index contributed by atoms with van der Waals surface area (Å²) >= 11 is 6.42. The summed E-state index contributed by atoms with van der Waals surface area (Å²) < 4.78 is 8.00. The third-order valence-electron chi connectivity index (χ3n) is 3.90. The Hall–Kier alpha value is -0.620. The zero-order chi connectivity index (χ0) is 15.2. The van der Waals surface area contributed by atoms with E-state index >= 15 is 0 Å². The molecule has 0 saturated carbocycles. The van der Waals surface area contributed by atoms with Gasteiger partial charge in [0.05, 0.1) is 35.6 Å². The van der Waals surface area contributed by atoms with Crippen molar-refractivity contribution >= 4 is 11.6 Å². The van der Waals surface area contributed by atoms with E-state index in [0.717, 1.165) is 49.8 Å². The first-order valence-corrected chi connectivity index (χ1v) is 8.22. The highest BCUT2D eigenvalue weighted by atomic mass is 35.5. The first-order chi connectivity index (χ1) is 10.1. The summed E-state index contributed by atoms with van der Waals surface area (Å²) in [6.07, 6.45) is 5.39. The highest BCUT2D eigenvalue weighted by molar-refractivity contribution is 6.31. The van der Waals surface area contributed by atoms with Crippen LogP contribution in [0.2, 0.25) is 5.02 Å². The van der Waals surface area contributed by atoms with Gasteiger partial charge in [0.15, 0.2) is 0 Å². The van der Waals surface area contributed by atoms with Crippen LogP contribution in [-0.4, -0.2) is 54.6 Å². The summed E-state index contributed by atoms with van der Waals surface area (Å²) in [5.74, 6) is 0. The lowest BCUT2D eigenvalue weighted by atomic mass is 9.99. The summed E-state index contributed by atoms with van der Waals surface area (Å²) in [6, 6.07) is 0.118. The number of halogens is 1. The van der Waals surface area contributed by atoms with Crippen LogP contribution < -0.4 is 5.32 Å². The van der Waals surface area contributed by atoms with Gasteiger partial charge in [-0.05, 0) is 39.9 Å². The molecule has 0 aromatic carbocycles. The molecule has 0 aliphatic carbocycles. The van der Waals surface area contributed by atoms with E-state index in [1.165, 1.54) is 6.42 Å². The van der Waals surface area contributed by atoms with Crippen molar-refractivity contribution in [3.05, 3.63) is 16.9 Å². The topological polar surface area (TPSA) is 42.3 Å². The van der Waals surface area contributed by atoms with Crippen molar-refractivity contribution in [3.8, 4) is 0 Å². The summed E-state index contributed by atoms with van der Waals surface area (Å²) in [4.78, 5) is 2.15. The van der Waals surface area contributed by atoms with Crippen LogP contribution in [0.25, 0.3) is 0 Å². The van der Waals surface area contributed by atoms with Crippen molar-refractivity contribution in [2.45, 2.75) is 44.9 Å². The van der Waals surface area contributed by atoms with Crippen LogP contribution >= 0.6 is 11.6 Å². The normalized spacial score (nSPS) is 20.9. The van der Waals surface area contributed by atoms with Crippen LogP contribution in [0.15, 0.2) is 6.20 Å². The first-order valence-electron chi connectivity index (χ1n) is 7.84. The molecule has 21 heavy (non-hydrogen) atoms. The highest BCUT2D eigenvalue weighted by Crippen LogP contribution is 2.30. The number of aromatic nitrogens is 2. The van der Waals surface area contributed by atoms with Crippen LogP contribution in [0.5, 0.6) is 0 Å². The van der Waals surface area contributed by atoms with E-state index < -0.39 is 0 Å². The van der Waals surface area contributed by atoms with E-state index in [1.54, 1.807) is 6.20 Å². The Labute approximate surface area is 132 Å². The Bertz CT molecular complexity index is 429. The van der Waals surface area contributed by atoms with Crippen LogP contribution in [0.3, 0.4) is 0 Å². The number of hydrogen-bond acceptors (Lipinski definition) is 4. The van der Waals surface area contributed by atoms with E-state index in [2.05, 4.69) is 36.3 Å². The predicted octanol–water partition coefficient (Wildman–Crippen LogP) is 2.32. The minimum atomic E-state index is 0.118. The molecule has 1 aromatic rings. The molecule has 5 nitrogen and oxygen atoms in total. The fraction of sp³-hybridized carbons (Fsp3) is 0.800. The lowest BCUT2D eigenvalue weighted by Crippen LogP contribution is -2.38. The highest BCUT2D eigenvalue weighted by Gasteiger charge is 2.30. The summed E-state index contributed by atoms with van der Waals surface area (Å²) in [6.45, 7) is 5.62. The van der Waals surface area contributed by atoms with Gasteiger partial charge in [-0.2, -0.15) is 5.10 Å². The quantitative estimate of drug-likeness (QED) is 0.838. The van der Waals surface area contributed by atoms with Crippen molar-refractivity contribution in [2.24, 2.45) is 0 Å². The minimum Gasteiger partial charge on any atom is -0.376 e. The molecule has 1 saturated heterocycles. The number of rotatable bonds is 7. The number of nitrogens with zero attached hydrogens (tertiary/aromatic N) is 3. The Morgan fingerprint density at radius 1 is 1.52 bits per heavy atom. The van der Waals surface area contributed by atoms with Crippen LogP contribution in [0, 0.1) is 0 Å². The van der Waals surface area contributed by atoms with Crippen molar-refractivity contribution in [3.63, 3.8) is 0 Å². The van der Waals surface area contributed by atoms with Gasteiger partial charge in [-0.25, -0.2) is 0 Å². The molecule has 0 amide bonds. The van der Waals surface area contributed by atoms with Gasteiger partial charge in [0.1, 0.15) is 0 Å². The second-order valence-corrected chi connectivity index (χ2v) is 6.25. The first kappa shape index (κ1) is 16.7. The fourth-order valence-electron chi connectivity index (χ4n) is 2.81. The van der Waals surface area contributed by atoms with E-state index in [9.17, 15) is 0 Å². The molecule has 1 aliphatic heterocycles. The molecular formula is C15H27ClN4O. The third kappa shape index (κ3) is 4.42. The maximum atomic E-state index is 6.42. The molecule has 120 valence electrons. The molecule has 1 N–H and O–H groups in total. The molecule has 0 radical (unpaired) electrons. The van der Waals surface area contributed by atoms with Gasteiger partial charge in [-0.15, -0.1) is 0 Å². The van der Waals surface area contributed by atoms with Gasteiger partial charge in [-0.1, -0.05) is 18.5 Å². The molecule has 6 heteroatoms. The van der Waals surface area contributed by atoms with Crippen LogP contribution in [0.1, 0.15) is 37.9 Å². The SMILES string of the molecule is CCNC(c1c(Cl)cnn1CCN(C)C)C1CCCCO1. The smallest absolute Gasteiger partial charge is 0.0835 e. The molecule has 0 spiro atoms. The van der Waals surface area contributed by atoms with Crippen LogP contribution in [0.4, 0.5) is 0 Å². The van der Waals surface area contributed by atoms with Gasteiger partial charge in [0.25, 0.3) is 0 Å². The monoisotopic (exact) mass is 314 g/mol. The van der Waals surface area contributed by atoms with Crippen molar-refractivity contribution in [2.75, 3.05) is 33.8 Å². The van der Waals surface area contributed by atoms with E-state index in [1.807, 2.05) is 4.68 Å². The van der Waals surface area contributed by atoms with E-state index in [0.29, 0.717) is 0 Å².